The second-order valence-corrected chi connectivity index (χ2v) is 11.9. The molecule has 2 amide bonds. The fraction of sp³-hybridized carbons (Fsp3) is 0.481. The van der Waals surface area contributed by atoms with Crippen LogP contribution in [-0.2, 0) is 20.2 Å². The molecular formula is C27H37N3O4S. The van der Waals surface area contributed by atoms with E-state index in [1.807, 2.05) is 12.1 Å². The summed E-state index contributed by atoms with van der Waals surface area (Å²) in [4.78, 5) is 27.3. The van der Waals surface area contributed by atoms with Gasteiger partial charge in [0.1, 0.15) is 0 Å². The summed E-state index contributed by atoms with van der Waals surface area (Å²) in [5.74, 6) is -0.334. The highest BCUT2D eigenvalue weighted by Gasteiger charge is 2.28. The minimum Gasteiger partial charge on any atom is -0.356 e. The highest BCUT2D eigenvalue weighted by atomic mass is 32.2. The van der Waals surface area contributed by atoms with E-state index in [-0.39, 0.29) is 28.0 Å². The van der Waals surface area contributed by atoms with Crippen molar-refractivity contribution >= 4 is 27.5 Å². The lowest BCUT2D eigenvalue weighted by Crippen LogP contribution is -2.45. The van der Waals surface area contributed by atoms with E-state index in [4.69, 9.17) is 0 Å². The molecule has 2 N–H and O–H groups in total. The molecule has 1 aliphatic rings. The normalized spacial score (nSPS) is 16.6. The van der Waals surface area contributed by atoms with Crippen molar-refractivity contribution in [2.75, 3.05) is 24.4 Å². The molecule has 3 rings (SSSR count). The second kappa shape index (κ2) is 11.2. The Morgan fingerprint density at radius 1 is 1.03 bits per heavy atom. The molecule has 7 nitrogen and oxygen atoms in total. The number of carbonyl (C=O) groups excluding carboxylic acids is 2. The maximum Gasteiger partial charge on any atom is 0.261 e. The zero-order chi connectivity index (χ0) is 25.6. The van der Waals surface area contributed by atoms with Gasteiger partial charge in [-0.15, -0.1) is 0 Å². The van der Waals surface area contributed by atoms with E-state index in [2.05, 4.69) is 37.7 Å². The topological polar surface area (TPSA) is 95.6 Å². The molecule has 2 aromatic carbocycles. The van der Waals surface area contributed by atoms with Gasteiger partial charge in [-0.05, 0) is 66.6 Å². The molecule has 1 saturated heterocycles. The lowest BCUT2D eigenvalue weighted by atomic mass is 9.87. The maximum absolute atomic E-state index is 13.0. The number of carbonyl (C=O) groups is 2. The minimum absolute atomic E-state index is 0.0104. The van der Waals surface area contributed by atoms with Gasteiger partial charge in [0.15, 0.2) is 0 Å². The van der Waals surface area contributed by atoms with E-state index in [9.17, 15) is 18.0 Å². The molecule has 1 fully saturated rings. The first-order chi connectivity index (χ1) is 16.5. The third-order valence-corrected chi connectivity index (χ3v) is 7.72. The number of likely N-dealkylation sites (tertiary alicyclic amines) is 1. The molecule has 190 valence electrons. The van der Waals surface area contributed by atoms with Crippen molar-refractivity contribution in [3.8, 4) is 0 Å². The van der Waals surface area contributed by atoms with Crippen LogP contribution in [0, 0.1) is 5.92 Å². The molecule has 0 spiro atoms. The second-order valence-electron chi connectivity index (χ2n) is 10.2. The van der Waals surface area contributed by atoms with Crippen molar-refractivity contribution < 1.29 is 18.0 Å². The smallest absolute Gasteiger partial charge is 0.261 e. The average molecular weight is 500 g/mol. The molecule has 0 aliphatic carbocycles. The summed E-state index contributed by atoms with van der Waals surface area (Å²) in [6, 6.07) is 13.3. The van der Waals surface area contributed by atoms with Gasteiger partial charge in [-0.3, -0.25) is 14.3 Å². The number of benzene rings is 2. The Hall–Kier alpha value is -2.87. The number of nitrogens with zero attached hydrogens (tertiary/aromatic N) is 1. The maximum atomic E-state index is 13.0. The van der Waals surface area contributed by atoms with Crippen LogP contribution in [0.25, 0.3) is 0 Å². The SMILES string of the molecule is CCCCNC(=O)[C@H]1CCCN(C(=O)c2ccc(NS(=O)(=O)c3ccc(C(C)(C)C)cc3)cc2)C1. The number of rotatable bonds is 8. The van der Waals surface area contributed by atoms with E-state index >= 15 is 0 Å². The Morgan fingerprint density at radius 2 is 1.69 bits per heavy atom. The van der Waals surface area contributed by atoms with Gasteiger partial charge in [0.25, 0.3) is 15.9 Å². The molecule has 35 heavy (non-hydrogen) atoms. The van der Waals surface area contributed by atoms with Gasteiger partial charge in [-0.25, -0.2) is 8.42 Å². The molecule has 2 aromatic rings. The number of piperidine rings is 1. The molecule has 8 heteroatoms. The summed E-state index contributed by atoms with van der Waals surface area (Å²) in [6.45, 7) is 9.97. The largest absolute Gasteiger partial charge is 0.356 e. The Kier molecular flexibility index (Phi) is 8.59. The molecule has 1 atom stereocenters. The zero-order valence-corrected chi connectivity index (χ0v) is 22.0. The Bertz CT molecular complexity index is 1120. The van der Waals surface area contributed by atoms with Crippen LogP contribution in [0.1, 0.15) is 69.3 Å². The van der Waals surface area contributed by atoms with Crippen molar-refractivity contribution in [1.82, 2.24) is 10.2 Å². The summed E-state index contributed by atoms with van der Waals surface area (Å²) in [6.07, 6.45) is 3.52. The van der Waals surface area contributed by atoms with Gasteiger partial charge in [0, 0.05) is 30.9 Å². The molecule has 1 aliphatic heterocycles. The molecule has 0 aromatic heterocycles. The third kappa shape index (κ3) is 7.07. The van der Waals surface area contributed by atoms with Gasteiger partial charge in [0.2, 0.25) is 5.91 Å². The summed E-state index contributed by atoms with van der Waals surface area (Å²) < 4.78 is 28.2. The first kappa shape index (κ1) is 26.7. The van der Waals surface area contributed by atoms with Crippen molar-refractivity contribution in [1.29, 1.82) is 0 Å². The number of unbranched alkanes of at least 4 members (excludes halogenated alkanes) is 1. The minimum atomic E-state index is -3.75. The van der Waals surface area contributed by atoms with Crippen LogP contribution in [0.2, 0.25) is 0 Å². The number of hydrogen-bond donors (Lipinski definition) is 2. The predicted octanol–water partition coefficient (Wildman–Crippen LogP) is 4.55. The van der Waals surface area contributed by atoms with E-state index in [0.29, 0.717) is 30.9 Å². The van der Waals surface area contributed by atoms with Crippen molar-refractivity contribution in [2.45, 2.75) is 63.7 Å². The van der Waals surface area contributed by atoms with E-state index < -0.39 is 10.0 Å². The first-order valence-corrected chi connectivity index (χ1v) is 13.8. The van der Waals surface area contributed by atoms with Gasteiger partial charge in [-0.1, -0.05) is 46.2 Å². The summed E-state index contributed by atoms with van der Waals surface area (Å²) in [7, 11) is -3.75. The standard InChI is InChI=1S/C27H37N3O4S/c1-5-6-17-28-25(31)21-8-7-18-30(19-21)26(32)20-9-13-23(14-10-20)29-35(33,34)24-15-11-22(12-16-24)27(2,3)4/h9-16,21,29H,5-8,17-19H2,1-4H3,(H,28,31)/t21-/m0/s1. The monoisotopic (exact) mass is 499 g/mol. The van der Waals surface area contributed by atoms with Crippen LogP contribution < -0.4 is 10.0 Å². The number of anilines is 1. The molecular weight excluding hydrogens is 462 g/mol. The Balaban J connectivity index is 1.63. The molecule has 0 unspecified atom stereocenters. The quantitative estimate of drug-likeness (QED) is 0.521. The Labute approximate surface area is 209 Å². The van der Waals surface area contributed by atoms with Crippen molar-refractivity contribution in [2.24, 2.45) is 5.92 Å². The van der Waals surface area contributed by atoms with Gasteiger partial charge in [-0.2, -0.15) is 0 Å². The van der Waals surface area contributed by atoms with Crippen LogP contribution in [0.15, 0.2) is 53.4 Å². The van der Waals surface area contributed by atoms with Crippen LogP contribution in [0.3, 0.4) is 0 Å². The van der Waals surface area contributed by atoms with Crippen molar-refractivity contribution in [3.05, 3.63) is 59.7 Å². The van der Waals surface area contributed by atoms with E-state index in [0.717, 1.165) is 31.2 Å². The lowest BCUT2D eigenvalue weighted by molar-refractivity contribution is -0.126. The molecule has 1 heterocycles. The molecule has 0 radical (unpaired) electrons. The fourth-order valence-corrected chi connectivity index (χ4v) is 5.18. The third-order valence-electron chi connectivity index (χ3n) is 6.32. The van der Waals surface area contributed by atoms with E-state index in [1.54, 1.807) is 41.3 Å². The van der Waals surface area contributed by atoms with E-state index in [1.165, 1.54) is 0 Å². The molecule has 0 bridgehead atoms. The van der Waals surface area contributed by atoms with Crippen LogP contribution in [0.5, 0.6) is 0 Å². The molecule has 0 saturated carbocycles. The van der Waals surface area contributed by atoms with Crippen LogP contribution >= 0.6 is 0 Å². The number of hydrogen-bond acceptors (Lipinski definition) is 4. The van der Waals surface area contributed by atoms with Crippen molar-refractivity contribution in [3.63, 3.8) is 0 Å². The highest BCUT2D eigenvalue weighted by Crippen LogP contribution is 2.25. The predicted molar refractivity (Wildman–Crippen MR) is 139 cm³/mol. The van der Waals surface area contributed by atoms with Gasteiger partial charge >= 0.3 is 0 Å². The first-order valence-electron chi connectivity index (χ1n) is 12.3. The van der Waals surface area contributed by atoms with Gasteiger partial charge in [0.05, 0.1) is 10.8 Å². The average Bonchev–Trinajstić information content (AvgIpc) is 2.83. The zero-order valence-electron chi connectivity index (χ0n) is 21.1. The lowest BCUT2D eigenvalue weighted by Gasteiger charge is -2.32. The number of sulfonamides is 1. The summed E-state index contributed by atoms with van der Waals surface area (Å²) in [5, 5.41) is 2.96. The summed E-state index contributed by atoms with van der Waals surface area (Å²) in [5.41, 5.74) is 1.84. The highest BCUT2D eigenvalue weighted by molar-refractivity contribution is 7.92. The Morgan fingerprint density at radius 3 is 2.29 bits per heavy atom. The number of amides is 2. The van der Waals surface area contributed by atoms with Crippen LogP contribution in [0.4, 0.5) is 5.69 Å². The van der Waals surface area contributed by atoms with Crippen LogP contribution in [-0.4, -0.2) is 44.8 Å². The number of nitrogens with one attached hydrogen (secondary N) is 2. The summed E-state index contributed by atoms with van der Waals surface area (Å²) >= 11 is 0. The fourth-order valence-electron chi connectivity index (χ4n) is 4.12. The van der Waals surface area contributed by atoms with Gasteiger partial charge < -0.3 is 10.2 Å².